The Morgan fingerprint density at radius 3 is 2.02 bits per heavy atom. The van der Waals surface area contributed by atoms with Crippen molar-refractivity contribution in [1.82, 2.24) is 15.1 Å². The second-order valence-electron chi connectivity index (χ2n) is 20.6. The molecule has 6 rings (SSSR count). The lowest BCUT2D eigenvalue weighted by molar-refractivity contribution is -0.147. The second kappa shape index (κ2) is 15.5. The number of carbonyl (C=O) groups excluding carboxylic acids is 6. The molecular formula is C45H71N3O6. The number of ketones is 4. The first kappa shape index (κ1) is 41.2. The molecule has 2 heterocycles. The molecule has 0 aromatic rings. The Hall–Kier alpha value is -2.42. The number of carbonyl (C=O) groups is 6. The molecule has 2 aliphatic heterocycles. The van der Waals surface area contributed by atoms with Gasteiger partial charge in [0.1, 0.15) is 0 Å². The van der Waals surface area contributed by atoms with Crippen LogP contribution in [-0.4, -0.2) is 82.5 Å². The maximum atomic E-state index is 15.2. The molecule has 1 N–H and O–H groups in total. The van der Waals surface area contributed by atoms with E-state index >= 15 is 4.79 Å². The van der Waals surface area contributed by atoms with Crippen molar-refractivity contribution >= 4 is 34.9 Å². The Bertz CT molecular complexity index is 1470. The van der Waals surface area contributed by atoms with Crippen molar-refractivity contribution in [2.45, 2.75) is 176 Å². The molecule has 6 fully saturated rings. The van der Waals surface area contributed by atoms with Crippen LogP contribution in [0.5, 0.6) is 0 Å². The molecular weight excluding hydrogens is 679 g/mol. The monoisotopic (exact) mass is 750 g/mol. The summed E-state index contributed by atoms with van der Waals surface area (Å²) < 4.78 is 0. The van der Waals surface area contributed by atoms with Crippen molar-refractivity contribution in [2.24, 2.45) is 51.2 Å². The fourth-order valence-corrected chi connectivity index (χ4v) is 11.7. The van der Waals surface area contributed by atoms with Gasteiger partial charge in [0.15, 0.2) is 17.3 Å². The summed E-state index contributed by atoms with van der Waals surface area (Å²) in [6.45, 7) is 18.7. The van der Waals surface area contributed by atoms with Gasteiger partial charge in [0, 0.05) is 62.2 Å². The Morgan fingerprint density at radius 1 is 0.852 bits per heavy atom. The summed E-state index contributed by atoms with van der Waals surface area (Å²) in [5.74, 6) is -2.30. The number of Topliss-reactive ketones (excluding diaryl/α,β-unsaturated/α-hetero) is 4. The Morgan fingerprint density at radius 2 is 1.50 bits per heavy atom. The van der Waals surface area contributed by atoms with Gasteiger partial charge >= 0.3 is 0 Å². The smallest absolute Gasteiger partial charge is 0.227 e. The zero-order valence-electron chi connectivity index (χ0n) is 34.9. The van der Waals surface area contributed by atoms with Crippen molar-refractivity contribution in [3.63, 3.8) is 0 Å². The summed E-state index contributed by atoms with van der Waals surface area (Å²) in [7, 11) is 0. The highest BCUT2D eigenvalue weighted by Crippen LogP contribution is 2.88. The standard InChI is InChI=1S/C45H71N3O6/c1-9-14-31(39(52)37(51)21-29-17-18-29)22-35(49)34-24-45(43(7,8)44(45)19-13-20-44)27-48(34)41(54)33(42(4,5)6)23-36(50)38(30-15-11-10-12-16-30)46-40(53)32-25-47(26-32)28(2)3/h28-34,38H,9-27H2,1-8H3,(H,46,53)/t31-,33-,34+,38+,45-/m1/s1. The van der Waals surface area contributed by atoms with E-state index in [2.05, 4.69) is 37.9 Å². The summed E-state index contributed by atoms with van der Waals surface area (Å²) in [5, 5.41) is 3.22. The molecule has 9 nitrogen and oxygen atoms in total. The van der Waals surface area contributed by atoms with Gasteiger partial charge in [-0.3, -0.25) is 33.7 Å². The number of hydrogen-bond donors (Lipinski definition) is 1. The Labute approximate surface area is 325 Å². The molecule has 4 saturated carbocycles. The van der Waals surface area contributed by atoms with Crippen LogP contribution in [0, 0.1) is 51.2 Å². The minimum Gasteiger partial charge on any atom is -0.346 e. The first-order valence-electron chi connectivity index (χ1n) is 21.8. The number of rotatable bonds is 17. The molecule has 0 aromatic heterocycles. The van der Waals surface area contributed by atoms with E-state index in [4.69, 9.17) is 0 Å². The molecule has 2 amide bonds. The van der Waals surface area contributed by atoms with Crippen LogP contribution in [0.2, 0.25) is 0 Å². The average molecular weight is 750 g/mol. The van der Waals surface area contributed by atoms with Crippen LogP contribution in [0.25, 0.3) is 0 Å². The predicted molar refractivity (Wildman–Crippen MR) is 209 cm³/mol. The third kappa shape index (κ3) is 7.54. The molecule has 0 unspecified atom stereocenters. The molecule has 0 radical (unpaired) electrons. The van der Waals surface area contributed by atoms with E-state index in [-0.39, 0.29) is 76.5 Å². The molecule has 54 heavy (non-hydrogen) atoms. The maximum absolute atomic E-state index is 15.2. The molecule has 6 aliphatic rings. The fourth-order valence-electron chi connectivity index (χ4n) is 11.7. The third-order valence-electron chi connectivity index (χ3n) is 15.9. The quantitative estimate of drug-likeness (QED) is 0.157. The van der Waals surface area contributed by atoms with Crippen LogP contribution in [-0.2, 0) is 28.8 Å². The van der Waals surface area contributed by atoms with Crippen LogP contribution in [0.3, 0.4) is 0 Å². The van der Waals surface area contributed by atoms with Crippen molar-refractivity contribution < 1.29 is 28.8 Å². The second-order valence-corrected chi connectivity index (χ2v) is 20.6. The van der Waals surface area contributed by atoms with Crippen LogP contribution in [0.4, 0.5) is 0 Å². The van der Waals surface area contributed by atoms with Gasteiger partial charge in [0.25, 0.3) is 0 Å². The van der Waals surface area contributed by atoms with Crippen molar-refractivity contribution in [3.8, 4) is 0 Å². The van der Waals surface area contributed by atoms with Gasteiger partial charge in [-0.2, -0.15) is 0 Å². The summed E-state index contributed by atoms with van der Waals surface area (Å²) in [5.41, 5.74) is -0.687. The molecule has 302 valence electrons. The van der Waals surface area contributed by atoms with E-state index in [0.717, 1.165) is 64.2 Å². The minimum absolute atomic E-state index is 0.0120. The van der Waals surface area contributed by atoms with E-state index in [1.54, 1.807) is 0 Å². The summed E-state index contributed by atoms with van der Waals surface area (Å²) in [6, 6.07) is -0.934. The van der Waals surface area contributed by atoms with E-state index in [0.29, 0.717) is 50.9 Å². The van der Waals surface area contributed by atoms with Gasteiger partial charge < -0.3 is 10.2 Å². The average Bonchev–Trinajstić information content (AvgIpc) is 3.89. The number of amides is 2. The predicted octanol–water partition coefficient (Wildman–Crippen LogP) is 7.12. The molecule has 5 atom stereocenters. The third-order valence-corrected chi connectivity index (χ3v) is 15.9. The van der Waals surface area contributed by atoms with Crippen LogP contribution in [0.1, 0.15) is 158 Å². The number of hydrogen-bond acceptors (Lipinski definition) is 7. The highest BCUT2D eigenvalue weighted by atomic mass is 16.2. The minimum atomic E-state index is -0.682. The van der Waals surface area contributed by atoms with Crippen molar-refractivity contribution in [1.29, 1.82) is 0 Å². The molecule has 2 spiro atoms. The van der Waals surface area contributed by atoms with E-state index in [1.807, 2.05) is 32.6 Å². The number of nitrogens with one attached hydrogen (secondary N) is 1. The van der Waals surface area contributed by atoms with Gasteiger partial charge in [0.05, 0.1) is 18.0 Å². The largest absolute Gasteiger partial charge is 0.346 e. The van der Waals surface area contributed by atoms with Gasteiger partial charge in [-0.15, -0.1) is 0 Å². The lowest BCUT2D eigenvalue weighted by Crippen LogP contribution is -2.59. The maximum Gasteiger partial charge on any atom is 0.227 e. The van der Waals surface area contributed by atoms with E-state index < -0.39 is 35.1 Å². The zero-order chi connectivity index (χ0) is 39.4. The normalized spacial score (nSPS) is 28.3. The van der Waals surface area contributed by atoms with Crippen molar-refractivity contribution in [3.05, 3.63) is 0 Å². The number of nitrogens with zero attached hydrogens (tertiary/aromatic N) is 2. The lowest BCUT2D eigenvalue weighted by Gasteiger charge is -2.42. The van der Waals surface area contributed by atoms with Gasteiger partial charge in [0.2, 0.25) is 17.6 Å². The molecule has 0 aromatic carbocycles. The summed E-state index contributed by atoms with van der Waals surface area (Å²) >= 11 is 0. The number of likely N-dealkylation sites (tertiary alicyclic amines) is 2. The van der Waals surface area contributed by atoms with Crippen molar-refractivity contribution in [2.75, 3.05) is 19.6 Å². The summed E-state index contributed by atoms with van der Waals surface area (Å²) in [6.07, 6.45) is 12.3. The molecule has 9 heteroatoms. The Balaban J connectivity index is 1.24. The lowest BCUT2D eigenvalue weighted by atomic mass is 9.73. The topological polar surface area (TPSA) is 121 Å². The summed E-state index contributed by atoms with van der Waals surface area (Å²) in [4.78, 5) is 88.4. The number of fused-ring (bicyclic) bond motifs is 1. The first-order chi connectivity index (χ1) is 25.4. The van der Waals surface area contributed by atoms with Gasteiger partial charge in [-0.05, 0) is 93.3 Å². The fraction of sp³-hybridized carbons (Fsp3) is 0.867. The zero-order valence-corrected chi connectivity index (χ0v) is 34.9. The Kier molecular flexibility index (Phi) is 11.8. The highest BCUT2D eigenvalue weighted by Gasteiger charge is 2.85. The molecule has 4 aliphatic carbocycles. The van der Waals surface area contributed by atoms with Gasteiger partial charge in [-0.25, -0.2) is 0 Å². The van der Waals surface area contributed by atoms with E-state index in [1.165, 1.54) is 0 Å². The van der Waals surface area contributed by atoms with Gasteiger partial charge in [-0.1, -0.05) is 73.6 Å². The molecule has 2 saturated heterocycles. The SMILES string of the molecule is CCC[C@H](CC(=O)[C@@H]1C[C@@]2(CN1C(=O)[C@@H](CC(=O)[C@@H](NC(=O)C1CN(C(C)C)C1)C1CCCCC1)C(C)(C)C)C(C)(C)C21CCC1)C(=O)C(=O)CC1CC1. The highest BCUT2D eigenvalue weighted by molar-refractivity contribution is 6.38. The molecule has 0 bridgehead atoms. The first-order valence-corrected chi connectivity index (χ1v) is 21.8. The van der Waals surface area contributed by atoms with E-state index in [9.17, 15) is 24.0 Å². The van der Waals surface area contributed by atoms with Crippen LogP contribution in [0.15, 0.2) is 0 Å². The van der Waals surface area contributed by atoms with Crippen LogP contribution < -0.4 is 5.32 Å². The van der Waals surface area contributed by atoms with Crippen LogP contribution >= 0.6 is 0 Å².